The number of likely N-dealkylation sites (tertiary alicyclic amines) is 1. The molecule has 0 spiro atoms. The molecule has 0 radical (unpaired) electrons. The van der Waals surface area contributed by atoms with Crippen LogP contribution >= 0.6 is 23.7 Å². The number of thiophene rings is 1. The highest BCUT2D eigenvalue weighted by atomic mass is 35.5. The van der Waals surface area contributed by atoms with Crippen molar-refractivity contribution >= 4 is 29.7 Å². The van der Waals surface area contributed by atoms with Crippen LogP contribution < -0.4 is 5.73 Å². The van der Waals surface area contributed by atoms with E-state index in [-0.39, 0.29) is 30.3 Å². The lowest BCUT2D eigenvalue weighted by molar-refractivity contribution is -0.135. The summed E-state index contributed by atoms with van der Waals surface area (Å²) in [5.41, 5.74) is 7.04. The van der Waals surface area contributed by atoms with E-state index in [0.717, 1.165) is 4.88 Å². The first-order valence-corrected chi connectivity index (χ1v) is 8.52. The SMILES string of the molecule is CC(C)(C(=O)N1C[C@@H](N)[C@H](c2ccccc2)C1)c1cccs1.Cl. The van der Waals surface area contributed by atoms with Crippen molar-refractivity contribution in [3.05, 3.63) is 58.3 Å². The smallest absolute Gasteiger partial charge is 0.233 e. The Morgan fingerprint density at radius 1 is 1.17 bits per heavy atom. The molecule has 1 aromatic heterocycles. The fourth-order valence-electron chi connectivity index (χ4n) is 3.18. The minimum absolute atomic E-state index is 0. The zero-order chi connectivity index (χ0) is 15.7. The zero-order valence-electron chi connectivity index (χ0n) is 13.4. The Balaban J connectivity index is 0.00000192. The van der Waals surface area contributed by atoms with Crippen molar-refractivity contribution in [2.24, 2.45) is 5.73 Å². The molecule has 5 heteroatoms. The Labute approximate surface area is 147 Å². The summed E-state index contributed by atoms with van der Waals surface area (Å²) in [5.74, 6) is 0.396. The van der Waals surface area contributed by atoms with Gasteiger partial charge in [0.05, 0.1) is 5.41 Å². The Hall–Kier alpha value is -1.36. The van der Waals surface area contributed by atoms with Gasteiger partial charge in [-0.25, -0.2) is 0 Å². The van der Waals surface area contributed by atoms with Crippen molar-refractivity contribution in [1.29, 1.82) is 0 Å². The van der Waals surface area contributed by atoms with Crippen LogP contribution in [-0.4, -0.2) is 29.9 Å². The van der Waals surface area contributed by atoms with Gasteiger partial charge in [0, 0.05) is 29.9 Å². The first kappa shape index (κ1) is 18.0. The topological polar surface area (TPSA) is 46.3 Å². The number of nitrogens with zero attached hydrogens (tertiary/aromatic N) is 1. The van der Waals surface area contributed by atoms with Crippen LogP contribution in [0, 0.1) is 0 Å². The Bertz CT molecular complexity index is 642. The lowest BCUT2D eigenvalue weighted by Gasteiger charge is -2.28. The van der Waals surface area contributed by atoms with Gasteiger partial charge in [0.2, 0.25) is 5.91 Å². The molecule has 1 amide bonds. The van der Waals surface area contributed by atoms with Gasteiger partial charge >= 0.3 is 0 Å². The molecule has 1 aliphatic heterocycles. The van der Waals surface area contributed by atoms with Gasteiger partial charge in [-0.1, -0.05) is 36.4 Å². The van der Waals surface area contributed by atoms with Gasteiger partial charge in [0.1, 0.15) is 0 Å². The van der Waals surface area contributed by atoms with E-state index >= 15 is 0 Å². The maximum atomic E-state index is 13.0. The summed E-state index contributed by atoms with van der Waals surface area (Å²) < 4.78 is 0. The van der Waals surface area contributed by atoms with Gasteiger partial charge in [0.25, 0.3) is 0 Å². The van der Waals surface area contributed by atoms with Crippen molar-refractivity contribution in [2.75, 3.05) is 13.1 Å². The highest BCUT2D eigenvalue weighted by molar-refractivity contribution is 7.10. The van der Waals surface area contributed by atoms with Gasteiger partial charge in [-0.3, -0.25) is 4.79 Å². The first-order valence-electron chi connectivity index (χ1n) is 7.64. The summed E-state index contributed by atoms with van der Waals surface area (Å²) in [5, 5.41) is 2.02. The van der Waals surface area contributed by atoms with Crippen molar-refractivity contribution in [3.63, 3.8) is 0 Å². The van der Waals surface area contributed by atoms with E-state index < -0.39 is 5.41 Å². The summed E-state index contributed by atoms with van der Waals surface area (Å²) in [4.78, 5) is 16.0. The van der Waals surface area contributed by atoms with Crippen LogP contribution in [0.5, 0.6) is 0 Å². The minimum Gasteiger partial charge on any atom is -0.340 e. The number of hydrogen-bond donors (Lipinski definition) is 1. The number of benzene rings is 1. The fraction of sp³-hybridized carbons (Fsp3) is 0.389. The third-order valence-electron chi connectivity index (χ3n) is 4.55. The van der Waals surface area contributed by atoms with Crippen molar-refractivity contribution in [3.8, 4) is 0 Å². The highest BCUT2D eigenvalue weighted by Gasteiger charge is 2.40. The van der Waals surface area contributed by atoms with Crippen molar-refractivity contribution in [1.82, 2.24) is 4.90 Å². The Kier molecular flexibility index (Phi) is 5.50. The molecule has 0 saturated carbocycles. The molecule has 2 aromatic rings. The molecule has 124 valence electrons. The molecule has 3 rings (SSSR count). The van der Waals surface area contributed by atoms with E-state index in [1.54, 1.807) is 11.3 Å². The highest BCUT2D eigenvalue weighted by Crippen LogP contribution is 2.33. The van der Waals surface area contributed by atoms with Crippen LogP contribution in [0.3, 0.4) is 0 Å². The molecule has 1 aromatic carbocycles. The molecule has 3 nitrogen and oxygen atoms in total. The molecule has 2 atom stereocenters. The third kappa shape index (κ3) is 3.44. The van der Waals surface area contributed by atoms with E-state index in [2.05, 4.69) is 12.1 Å². The monoisotopic (exact) mass is 350 g/mol. The van der Waals surface area contributed by atoms with Gasteiger partial charge in [0.15, 0.2) is 0 Å². The van der Waals surface area contributed by atoms with Gasteiger partial charge in [-0.15, -0.1) is 23.7 Å². The van der Waals surface area contributed by atoms with Crippen molar-refractivity contribution < 1.29 is 4.79 Å². The van der Waals surface area contributed by atoms with Gasteiger partial charge in [-0.2, -0.15) is 0 Å². The lowest BCUT2D eigenvalue weighted by atomic mass is 9.89. The summed E-state index contributed by atoms with van der Waals surface area (Å²) in [6.45, 7) is 5.34. The fourth-order valence-corrected chi connectivity index (χ4v) is 4.03. The second-order valence-corrected chi connectivity index (χ2v) is 7.44. The van der Waals surface area contributed by atoms with E-state index in [4.69, 9.17) is 5.73 Å². The normalized spacial score (nSPS) is 21.1. The Morgan fingerprint density at radius 3 is 2.48 bits per heavy atom. The molecule has 0 bridgehead atoms. The average molecular weight is 351 g/mol. The summed E-state index contributed by atoms with van der Waals surface area (Å²) in [6.07, 6.45) is 0. The zero-order valence-corrected chi connectivity index (χ0v) is 15.1. The maximum Gasteiger partial charge on any atom is 0.233 e. The van der Waals surface area contributed by atoms with Crippen LogP contribution in [0.15, 0.2) is 47.8 Å². The lowest BCUT2D eigenvalue weighted by Crippen LogP contribution is -2.42. The molecule has 1 saturated heterocycles. The molecule has 2 N–H and O–H groups in total. The van der Waals surface area contributed by atoms with Crippen molar-refractivity contribution in [2.45, 2.75) is 31.2 Å². The van der Waals surface area contributed by atoms with E-state index in [1.165, 1.54) is 5.56 Å². The quantitative estimate of drug-likeness (QED) is 0.922. The average Bonchev–Trinajstić information content (AvgIpc) is 3.17. The molecule has 0 unspecified atom stereocenters. The van der Waals surface area contributed by atoms with Crippen LogP contribution in [0.4, 0.5) is 0 Å². The number of halogens is 1. The molecular weight excluding hydrogens is 328 g/mol. The summed E-state index contributed by atoms with van der Waals surface area (Å²) in [6, 6.07) is 14.3. The second-order valence-electron chi connectivity index (χ2n) is 6.49. The predicted molar refractivity (Wildman–Crippen MR) is 98.3 cm³/mol. The number of carbonyl (C=O) groups excluding carboxylic acids is 1. The van der Waals surface area contributed by atoms with Crippen LogP contribution in [0.25, 0.3) is 0 Å². The van der Waals surface area contributed by atoms with Crippen LogP contribution in [0.1, 0.15) is 30.2 Å². The number of rotatable bonds is 3. The second kappa shape index (κ2) is 7.04. The van der Waals surface area contributed by atoms with E-state index in [0.29, 0.717) is 13.1 Å². The molecule has 23 heavy (non-hydrogen) atoms. The minimum atomic E-state index is -0.487. The number of amides is 1. The van der Waals surface area contributed by atoms with E-state index in [9.17, 15) is 4.79 Å². The molecule has 2 heterocycles. The third-order valence-corrected chi connectivity index (χ3v) is 5.75. The molecular formula is C18H23ClN2OS. The number of carbonyl (C=O) groups is 1. The largest absolute Gasteiger partial charge is 0.340 e. The summed E-state index contributed by atoms with van der Waals surface area (Å²) in [7, 11) is 0. The molecule has 1 aliphatic rings. The molecule has 1 fully saturated rings. The first-order chi connectivity index (χ1) is 10.5. The number of hydrogen-bond acceptors (Lipinski definition) is 3. The predicted octanol–water partition coefficient (Wildman–Crippen LogP) is 3.40. The van der Waals surface area contributed by atoms with Crippen LogP contribution in [0.2, 0.25) is 0 Å². The van der Waals surface area contributed by atoms with Crippen LogP contribution in [-0.2, 0) is 10.2 Å². The molecule has 0 aliphatic carbocycles. The number of nitrogens with two attached hydrogens (primary N) is 1. The summed E-state index contributed by atoms with van der Waals surface area (Å²) >= 11 is 1.64. The standard InChI is InChI=1S/C18H22N2OS.ClH/c1-18(2,16-9-6-10-22-16)17(21)20-11-14(15(19)12-20)13-7-4-3-5-8-13;/h3-10,14-15H,11-12,19H2,1-2H3;1H/t14-,15+;/m0./s1. The maximum absolute atomic E-state index is 13.0. The van der Waals surface area contributed by atoms with Gasteiger partial charge < -0.3 is 10.6 Å². The van der Waals surface area contributed by atoms with E-state index in [1.807, 2.05) is 54.5 Å². The van der Waals surface area contributed by atoms with Gasteiger partial charge in [-0.05, 0) is 30.9 Å². The Morgan fingerprint density at radius 2 is 1.87 bits per heavy atom.